The molecule has 0 unspecified atom stereocenters. The summed E-state index contributed by atoms with van der Waals surface area (Å²) in [5.41, 5.74) is 0.271. The zero-order valence-corrected chi connectivity index (χ0v) is 11.7. The van der Waals surface area contributed by atoms with Gasteiger partial charge in [0.2, 0.25) is 0 Å². The van der Waals surface area contributed by atoms with Crippen molar-refractivity contribution in [1.29, 1.82) is 0 Å². The van der Waals surface area contributed by atoms with E-state index in [4.69, 9.17) is 5.11 Å². The van der Waals surface area contributed by atoms with E-state index in [1.165, 1.54) is 24.2 Å². The van der Waals surface area contributed by atoms with Crippen LogP contribution < -0.4 is 5.32 Å². The number of aromatic nitrogens is 2. The average molecular weight is 283 g/mol. The number of carbonyl (C=O) groups excluding carboxylic acids is 1. The number of aryl methyl sites for hydroxylation is 1. The quantitative estimate of drug-likeness (QED) is 0.775. The molecule has 0 saturated heterocycles. The molecule has 6 nitrogen and oxygen atoms in total. The van der Waals surface area contributed by atoms with Gasteiger partial charge in [-0.15, -0.1) is 0 Å². The summed E-state index contributed by atoms with van der Waals surface area (Å²) >= 11 is 1.54. The highest BCUT2D eigenvalue weighted by molar-refractivity contribution is 7.98. The molecular formula is C12H17N3O3S. The Morgan fingerprint density at radius 2 is 2.05 bits per heavy atom. The minimum Gasteiger partial charge on any atom is -0.480 e. The normalized spacial score (nSPS) is 11.9. The lowest BCUT2D eigenvalue weighted by molar-refractivity contribution is -0.139. The maximum atomic E-state index is 11.9. The topological polar surface area (TPSA) is 92.2 Å². The molecule has 1 rings (SSSR count). The van der Waals surface area contributed by atoms with Gasteiger partial charge in [0.15, 0.2) is 0 Å². The van der Waals surface area contributed by atoms with Gasteiger partial charge in [0, 0.05) is 18.8 Å². The lowest BCUT2D eigenvalue weighted by Gasteiger charge is -2.13. The predicted molar refractivity (Wildman–Crippen MR) is 73.3 cm³/mol. The highest BCUT2D eigenvalue weighted by atomic mass is 32.2. The molecule has 19 heavy (non-hydrogen) atoms. The molecule has 0 radical (unpaired) electrons. The van der Waals surface area contributed by atoms with Gasteiger partial charge in [0.05, 0.1) is 5.56 Å². The van der Waals surface area contributed by atoms with Crippen LogP contribution in [0.2, 0.25) is 0 Å². The molecule has 0 aliphatic rings. The molecule has 0 bridgehead atoms. The Labute approximate surface area is 116 Å². The first-order chi connectivity index (χ1) is 9.08. The standard InChI is InChI=1S/C12H17N3O3S/c1-3-10-13-6-8(7-14-10)11(16)15-9(12(17)18)4-5-19-2/h6-7,9H,3-5H2,1-2H3,(H,15,16)(H,17,18)/t9-/m1/s1. The molecule has 104 valence electrons. The maximum Gasteiger partial charge on any atom is 0.326 e. The number of carbonyl (C=O) groups is 2. The summed E-state index contributed by atoms with van der Waals surface area (Å²) in [7, 11) is 0. The van der Waals surface area contributed by atoms with E-state index in [0.717, 1.165) is 0 Å². The second kappa shape index (κ2) is 7.73. The fourth-order valence-electron chi connectivity index (χ4n) is 1.39. The van der Waals surface area contributed by atoms with Crippen LogP contribution in [0.1, 0.15) is 29.5 Å². The predicted octanol–water partition coefficient (Wildman–Crippen LogP) is 0.975. The molecule has 1 amide bonds. The van der Waals surface area contributed by atoms with E-state index in [1.807, 2.05) is 13.2 Å². The number of nitrogens with one attached hydrogen (secondary N) is 1. The minimum atomic E-state index is -1.03. The van der Waals surface area contributed by atoms with Gasteiger partial charge >= 0.3 is 5.97 Å². The van der Waals surface area contributed by atoms with Crippen LogP contribution in [0.15, 0.2) is 12.4 Å². The van der Waals surface area contributed by atoms with Crippen LogP contribution in [0, 0.1) is 0 Å². The minimum absolute atomic E-state index is 0.271. The summed E-state index contributed by atoms with van der Waals surface area (Å²) in [6.45, 7) is 1.91. The van der Waals surface area contributed by atoms with Crippen LogP contribution in [-0.2, 0) is 11.2 Å². The van der Waals surface area contributed by atoms with Gasteiger partial charge < -0.3 is 10.4 Å². The summed E-state index contributed by atoms with van der Waals surface area (Å²) in [5.74, 6) is -0.180. The number of hydrogen-bond acceptors (Lipinski definition) is 5. The fraction of sp³-hybridized carbons (Fsp3) is 0.500. The molecule has 0 aromatic carbocycles. The Balaban J connectivity index is 2.67. The van der Waals surface area contributed by atoms with Crippen LogP contribution in [0.5, 0.6) is 0 Å². The van der Waals surface area contributed by atoms with Gasteiger partial charge in [-0.25, -0.2) is 14.8 Å². The van der Waals surface area contributed by atoms with Gasteiger partial charge in [-0.1, -0.05) is 6.92 Å². The van der Waals surface area contributed by atoms with E-state index in [1.54, 1.807) is 0 Å². The van der Waals surface area contributed by atoms with E-state index in [2.05, 4.69) is 15.3 Å². The summed E-state index contributed by atoms with van der Waals surface area (Å²) in [5, 5.41) is 11.5. The van der Waals surface area contributed by atoms with Gasteiger partial charge in [0.1, 0.15) is 11.9 Å². The zero-order valence-electron chi connectivity index (χ0n) is 10.9. The Hall–Kier alpha value is -1.63. The number of carboxylic acid groups (broad SMARTS) is 1. The van der Waals surface area contributed by atoms with Crippen molar-refractivity contribution in [3.8, 4) is 0 Å². The van der Waals surface area contributed by atoms with Gasteiger partial charge in [-0.2, -0.15) is 11.8 Å². The third-order valence-corrected chi connectivity index (χ3v) is 3.14. The summed E-state index contributed by atoms with van der Waals surface area (Å²) in [6.07, 6.45) is 5.78. The van der Waals surface area contributed by atoms with Gasteiger partial charge in [0.25, 0.3) is 5.91 Å². The Morgan fingerprint density at radius 3 is 2.53 bits per heavy atom. The summed E-state index contributed by atoms with van der Waals surface area (Å²) in [4.78, 5) is 30.9. The first kappa shape index (κ1) is 15.4. The van der Waals surface area contributed by atoms with Crippen molar-refractivity contribution in [3.63, 3.8) is 0 Å². The van der Waals surface area contributed by atoms with Crippen molar-refractivity contribution < 1.29 is 14.7 Å². The number of aliphatic carboxylic acids is 1. The second-order valence-corrected chi connectivity index (χ2v) is 4.87. The second-order valence-electron chi connectivity index (χ2n) is 3.89. The molecule has 0 aliphatic heterocycles. The van der Waals surface area contributed by atoms with E-state index in [0.29, 0.717) is 24.4 Å². The van der Waals surface area contributed by atoms with Crippen LogP contribution >= 0.6 is 11.8 Å². The number of thioether (sulfide) groups is 1. The molecule has 1 heterocycles. The molecule has 1 aromatic rings. The molecular weight excluding hydrogens is 266 g/mol. The number of rotatable bonds is 7. The number of amides is 1. The zero-order chi connectivity index (χ0) is 14.3. The number of carboxylic acids is 1. The van der Waals surface area contributed by atoms with E-state index in [9.17, 15) is 9.59 Å². The fourth-order valence-corrected chi connectivity index (χ4v) is 1.86. The number of nitrogens with zero attached hydrogens (tertiary/aromatic N) is 2. The first-order valence-corrected chi connectivity index (χ1v) is 7.31. The highest BCUT2D eigenvalue weighted by Crippen LogP contribution is 2.03. The van der Waals surface area contributed by atoms with Crippen molar-refractivity contribution >= 4 is 23.6 Å². The molecule has 7 heteroatoms. The highest BCUT2D eigenvalue weighted by Gasteiger charge is 2.20. The Kier molecular flexibility index (Phi) is 6.27. The van der Waals surface area contributed by atoms with Gasteiger partial charge in [-0.05, 0) is 18.4 Å². The molecule has 0 fully saturated rings. The van der Waals surface area contributed by atoms with Crippen LogP contribution in [-0.4, -0.2) is 45.0 Å². The molecule has 0 saturated carbocycles. The maximum absolute atomic E-state index is 11.9. The molecule has 0 aliphatic carbocycles. The van der Waals surface area contributed by atoms with Crippen molar-refractivity contribution in [2.75, 3.05) is 12.0 Å². The molecule has 0 spiro atoms. The summed E-state index contributed by atoms with van der Waals surface area (Å²) < 4.78 is 0. The van der Waals surface area contributed by atoms with Crippen molar-refractivity contribution in [2.45, 2.75) is 25.8 Å². The van der Waals surface area contributed by atoms with Crippen LogP contribution in [0.3, 0.4) is 0 Å². The Bertz CT molecular complexity index is 436. The Morgan fingerprint density at radius 1 is 1.42 bits per heavy atom. The largest absolute Gasteiger partial charge is 0.480 e. The lowest BCUT2D eigenvalue weighted by atomic mass is 10.2. The third kappa shape index (κ3) is 4.86. The smallest absolute Gasteiger partial charge is 0.326 e. The van der Waals surface area contributed by atoms with E-state index in [-0.39, 0.29) is 5.56 Å². The van der Waals surface area contributed by atoms with Crippen LogP contribution in [0.25, 0.3) is 0 Å². The average Bonchev–Trinajstić information content (AvgIpc) is 2.43. The summed E-state index contributed by atoms with van der Waals surface area (Å²) in [6, 6.07) is -0.884. The van der Waals surface area contributed by atoms with Crippen LogP contribution in [0.4, 0.5) is 0 Å². The lowest BCUT2D eigenvalue weighted by Crippen LogP contribution is -2.41. The third-order valence-electron chi connectivity index (χ3n) is 2.50. The SMILES string of the molecule is CCc1ncc(C(=O)N[C@H](CCSC)C(=O)O)cn1. The monoisotopic (exact) mass is 283 g/mol. The van der Waals surface area contributed by atoms with E-state index >= 15 is 0 Å². The number of hydrogen-bond donors (Lipinski definition) is 2. The van der Waals surface area contributed by atoms with E-state index < -0.39 is 17.9 Å². The molecule has 1 atom stereocenters. The van der Waals surface area contributed by atoms with Gasteiger partial charge in [-0.3, -0.25) is 4.79 Å². The van der Waals surface area contributed by atoms with Crippen molar-refractivity contribution in [2.24, 2.45) is 0 Å². The first-order valence-electron chi connectivity index (χ1n) is 5.92. The van der Waals surface area contributed by atoms with Crippen molar-refractivity contribution in [1.82, 2.24) is 15.3 Å². The molecule has 1 aromatic heterocycles. The molecule has 2 N–H and O–H groups in total. The van der Waals surface area contributed by atoms with Crippen molar-refractivity contribution in [3.05, 3.63) is 23.8 Å².